The first kappa shape index (κ1) is 13.4. The minimum Gasteiger partial charge on any atom is -0.486 e. The van der Waals surface area contributed by atoms with Gasteiger partial charge in [-0.25, -0.2) is 4.99 Å². The van der Waals surface area contributed by atoms with Crippen molar-refractivity contribution in [1.82, 2.24) is 4.90 Å². The lowest BCUT2D eigenvalue weighted by Gasteiger charge is -2.28. The summed E-state index contributed by atoms with van der Waals surface area (Å²) < 4.78 is 16.9. The SMILES string of the molecule is O=CN1CCCC1C1N=COC1c1ccc2c(c1)OCCO2. The molecule has 0 N–H and O–H groups in total. The van der Waals surface area contributed by atoms with Crippen LogP contribution in [0.15, 0.2) is 23.2 Å². The van der Waals surface area contributed by atoms with Crippen molar-refractivity contribution in [1.29, 1.82) is 0 Å². The summed E-state index contributed by atoms with van der Waals surface area (Å²) in [6.45, 7) is 1.94. The van der Waals surface area contributed by atoms with Gasteiger partial charge in [0.2, 0.25) is 6.41 Å². The molecule has 3 unspecified atom stereocenters. The van der Waals surface area contributed by atoms with E-state index >= 15 is 0 Å². The van der Waals surface area contributed by atoms with E-state index < -0.39 is 0 Å². The Morgan fingerprint density at radius 2 is 2.09 bits per heavy atom. The Morgan fingerprint density at radius 3 is 2.95 bits per heavy atom. The number of amides is 1. The summed E-state index contributed by atoms with van der Waals surface area (Å²) in [4.78, 5) is 17.5. The molecule has 1 aromatic carbocycles. The highest BCUT2D eigenvalue weighted by Gasteiger charge is 2.40. The van der Waals surface area contributed by atoms with Gasteiger partial charge in [-0.3, -0.25) is 4.79 Å². The number of hydrogen-bond donors (Lipinski definition) is 0. The molecule has 6 nitrogen and oxygen atoms in total. The van der Waals surface area contributed by atoms with Crippen LogP contribution in [0.5, 0.6) is 11.5 Å². The van der Waals surface area contributed by atoms with Crippen molar-refractivity contribution in [2.24, 2.45) is 4.99 Å². The molecule has 3 aliphatic rings. The van der Waals surface area contributed by atoms with Crippen molar-refractivity contribution >= 4 is 12.8 Å². The molecule has 0 radical (unpaired) electrons. The molecule has 3 heterocycles. The van der Waals surface area contributed by atoms with Gasteiger partial charge >= 0.3 is 0 Å². The standard InChI is InChI=1S/C16H18N2O4/c19-10-18-5-1-2-12(18)15-16(22-9-17-15)11-3-4-13-14(8-11)21-7-6-20-13/h3-4,8-10,12,15-16H,1-2,5-7H2. The Hall–Kier alpha value is -2.24. The third kappa shape index (κ3) is 2.19. The van der Waals surface area contributed by atoms with Gasteiger partial charge in [0.25, 0.3) is 0 Å². The summed E-state index contributed by atoms with van der Waals surface area (Å²) in [6, 6.07) is 5.90. The summed E-state index contributed by atoms with van der Waals surface area (Å²) in [5, 5.41) is 0. The first-order valence-corrected chi connectivity index (χ1v) is 7.64. The third-order valence-corrected chi connectivity index (χ3v) is 4.52. The van der Waals surface area contributed by atoms with Crippen LogP contribution in [0.2, 0.25) is 0 Å². The molecule has 6 heteroatoms. The van der Waals surface area contributed by atoms with E-state index in [4.69, 9.17) is 14.2 Å². The molecule has 0 saturated carbocycles. The maximum Gasteiger partial charge on any atom is 0.210 e. The van der Waals surface area contributed by atoms with Crippen molar-refractivity contribution in [3.63, 3.8) is 0 Å². The lowest BCUT2D eigenvalue weighted by Crippen LogP contribution is -2.39. The Balaban J connectivity index is 1.60. The number of hydrogen-bond acceptors (Lipinski definition) is 5. The highest BCUT2D eigenvalue weighted by Crippen LogP contribution is 2.38. The predicted molar refractivity (Wildman–Crippen MR) is 79.3 cm³/mol. The van der Waals surface area contributed by atoms with Gasteiger partial charge in [-0.2, -0.15) is 0 Å². The third-order valence-electron chi connectivity index (χ3n) is 4.52. The molecule has 0 bridgehead atoms. The van der Waals surface area contributed by atoms with Crippen LogP contribution in [-0.4, -0.2) is 49.6 Å². The largest absolute Gasteiger partial charge is 0.486 e. The number of fused-ring (bicyclic) bond motifs is 1. The highest BCUT2D eigenvalue weighted by atomic mass is 16.6. The monoisotopic (exact) mass is 302 g/mol. The summed E-state index contributed by atoms with van der Waals surface area (Å²) >= 11 is 0. The van der Waals surface area contributed by atoms with Crippen LogP contribution < -0.4 is 9.47 Å². The van der Waals surface area contributed by atoms with Crippen LogP contribution in [0.4, 0.5) is 0 Å². The molecule has 116 valence electrons. The highest BCUT2D eigenvalue weighted by molar-refractivity contribution is 5.54. The quantitative estimate of drug-likeness (QED) is 0.795. The lowest BCUT2D eigenvalue weighted by atomic mass is 9.95. The Bertz CT molecular complexity index is 604. The summed E-state index contributed by atoms with van der Waals surface area (Å²) in [5.74, 6) is 1.51. The van der Waals surface area contributed by atoms with Crippen molar-refractivity contribution in [3.05, 3.63) is 23.8 Å². The fraction of sp³-hybridized carbons (Fsp3) is 0.500. The molecule has 3 aliphatic heterocycles. The van der Waals surface area contributed by atoms with Gasteiger partial charge in [0.15, 0.2) is 17.9 Å². The van der Waals surface area contributed by atoms with Crippen molar-refractivity contribution in [3.8, 4) is 11.5 Å². The molecule has 0 spiro atoms. The number of likely N-dealkylation sites (tertiary alicyclic amines) is 1. The molecule has 1 amide bonds. The number of aliphatic imine (C=N–C) groups is 1. The van der Waals surface area contributed by atoms with E-state index in [2.05, 4.69) is 4.99 Å². The molecular weight excluding hydrogens is 284 g/mol. The van der Waals surface area contributed by atoms with Crippen LogP contribution in [0.1, 0.15) is 24.5 Å². The molecule has 0 aromatic heterocycles. The van der Waals surface area contributed by atoms with Gasteiger partial charge in [0.1, 0.15) is 25.4 Å². The number of benzene rings is 1. The zero-order valence-corrected chi connectivity index (χ0v) is 12.2. The molecule has 3 atom stereocenters. The van der Waals surface area contributed by atoms with E-state index in [1.54, 1.807) is 0 Å². The predicted octanol–water partition coefficient (Wildman–Crippen LogP) is 1.55. The number of carbonyl (C=O) groups is 1. The van der Waals surface area contributed by atoms with E-state index in [0.717, 1.165) is 42.9 Å². The maximum atomic E-state index is 11.2. The minimum absolute atomic E-state index is 0.0599. The second-order valence-corrected chi connectivity index (χ2v) is 5.76. The number of rotatable bonds is 3. The van der Waals surface area contributed by atoms with Gasteiger partial charge in [-0.15, -0.1) is 0 Å². The van der Waals surface area contributed by atoms with Crippen molar-refractivity contribution < 1.29 is 19.0 Å². The smallest absolute Gasteiger partial charge is 0.210 e. The molecule has 22 heavy (non-hydrogen) atoms. The average molecular weight is 302 g/mol. The van der Waals surface area contributed by atoms with Gasteiger partial charge in [-0.05, 0) is 30.5 Å². The Labute approximate surface area is 128 Å². The van der Waals surface area contributed by atoms with Gasteiger partial charge in [0, 0.05) is 6.54 Å². The molecule has 0 aliphatic carbocycles. The number of nitrogens with zero attached hydrogens (tertiary/aromatic N) is 2. The topological polar surface area (TPSA) is 60.4 Å². The van der Waals surface area contributed by atoms with Crippen molar-refractivity contribution in [2.75, 3.05) is 19.8 Å². The summed E-state index contributed by atoms with van der Waals surface area (Å²) in [6.07, 6.45) is 4.23. The number of carbonyl (C=O) groups excluding carboxylic acids is 1. The maximum absolute atomic E-state index is 11.2. The fourth-order valence-electron chi connectivity index (χ4n) is 3.46. The van der Waals surface area contributed by atoms with Gasteiger partial charge in [0.05, 0.1) is 6.04 Å². The first-order chi connectivity index (χ1) is 10.9. The Kier molecular flexibility index (Phi) is 3.36. The average Bonchev–Trinajstić information content (AvgIpc) is 3.22. The minimum atomic E-state index is -0.179. The van der Waals surface area contributed by atoms with Crippen molar-refractivity contribution in [2.45, 2.75) is 31.0 Å². The van der Waals surface area contributed by atoms with E-state index in [9.17, 15) is 4.79 Å². The van der Waals surface area contributed by atoms with Crippen LogP contribution >= 0.6 is 0 Å². The van der Waals surface area contributed by atoms with E-state index in [-0.39, 0.29) is 18.2 Å². The molecule has 4 rings (SSSR count). The number of ether oxygens (including phenoxy) is 3. The van der Waals surface area contributed by atoms with Gasteiger partial charge in [-0.1, -0.05) is 6.07 Å². The zero-order chi connectivity index (χ0) is 14.9. The molecular formula is C16H18N2O4. The van der Waals surface area contributed by atoms with Crippen LogP contribution in [0, 0.1) is 0 Å². The van der Waals surface area contributed by atoms with E-state index in [1.165, 1.54) is 6.40 Å². The lowest BCUT2D eigenvalue weighted by molar-refractivity contribution is -0.119. The van der Waals surface area contributed by atoms with E-state index in [0.29, 0.717) is 13.2 Å². The second-order valence-electron chi connectivity index (χ2n) is 5.76. The normalized spacial score (nSPS) is 29.5. The Morgan fingerprint density at radius 1 is 1.23 bits per heavy atom. The van der Waals surface area contributed by atoms with Crippen LogP contribution in [0.3, 0.4) is 0 Å². The molecule has 1 fully saturated rings. The van der Waals surface area contributed by atoms with E-state index in [1.807, 2.05) is 23.1 Å². The summed E-state index contributed by atoms with van der Waals surface area (Å²) in [7, 11) is 0. The molecule has 1 saturated heterocycles. The van der Waals surface area contributed by atoms with Gasteiger partial charge < -0.3 is 19.1 Å². The molecule has 1 aromatic rings. The zero-order valence-electron chi connectivity index (χ0n) is 12.2. The first-order valence-electron chi connectivity index (χ1n) is 7.64. The summed E-state index contributed by atoms with van der Waals surface area (Å²) in [5.41, 5.74) is 1.00. The van der Waals surface area contributed by atoms with Crippen LogP contribution in [-0.2, 0) is 9.53 Å². The second kappa shape index (κ2) is 5.51. The van der Waals surface area contributed by atoms with Crippen LogP contribution in [0.25, 0.3) is 0 Å². The fourth-order valence-corrected chi connectivity index (χ4v) is 3.46.